The Morgan fingerprint density at radius 2 is 1.87 bits per heavy atom. The minimum Gasteiger partial charge on any atom is -0.480 e. The van der Waals surface area contributed by atoms with Crippen LogP contribution in [-0.2, 0) is 19.6 Å². The molecule has 0 radical (unpaired) electrons. The van der Waals surface area contributed by atoms with Crippen LogP contribution in [0.4, 0.5) is 0 Å². The Kier molecular flexibility index (Phi) is 6.36. The molecule has 0 aromatic heterocycles. The summed E-state index contributed by atoms with van der Waals surface area (Å²) in [6.45, 7) is 2.79. The summed E-state index contributed by atoms with van der Waals surface area (Å²) in [6.07, 6.45) is 5.80. The number of carbonyl (C=O) groups excluding carboxylic acids is 1. The summed E-state index contributed by atoms with van der Waals surface area (Å²) in [5.74, 6) is 1.11. The Morgan fingerprint density at radius 1 is 1.13 bits per heavy atom. The van der Waals surface area contributed by atoms with Gasteiger partial charge in [-0.2, -0.15) is 0 Å². The van der Waals surface area contributed by atoms with Crippen molar-refractivity contribution in [3.05, 3.63) is 29.8 Å². The smallest absolute Gasteiger partial charge is 0.264 e. The van der Waals surface area contributed by atoms with E-state index in [9.17, 15) is 13.2 Å². The summed E-state index contributed by atoms with van der Waals surface area (Å²) in [5, 5.41) is 0. The fourth-order valence-corrected chi connectivity index (χ4v) is 5.92. The molecule has 1 aliphatic carbocycles. The van der Waals surface area contributed by atoms with E-state index >= 15 is 0 Å². The highest BCUT2D eigenvalue weighted by atomic mass is 32.2. The molecular weight excluding hydrogens is 404 g/mol. The Labute approximate surface area is 179 Å². The molecule has 1 unspecified atom stereocenters. The van der Waals surface area contributed by atoms with Crippen LogP contribution >= 0.6 is 0 Å². The lowest BCUT2D eigenvalue weighted by Gasteiger charge is -2.32. The molecule has 1 N–H and O–H groups in total. The Bertz CT molecular complexity index is 866. The van der Waals surface area contributed by atoms with Crippen molar-refractivity contribution in [3.63, 3.8) is 0 Å². The van der Waals surface area contributed by atoms with Crippen LogP contribution in [0.15, 0.2) is 24.3 Å². The molecule has 30 heavy (non-hydrogen) atoms. The molecular formula is C22H32N2O5S. The number of nitrogens with one attached hydrogen (secondary N) is 1. The van der Waals surface area contributed by atoms with E-state index in [1.165, 1.54) is 5.56 Å². The van der Waals surface area contributed by atoms with Crippen molar-refractivity contribution < 1.29 is 22.7 Å². The van der Waals surface area contributed by atoms with Crippen LogP contribution in [0, 0.1) is 0 Å². The first-order chi connectivity index (χ1) is 14.4. The number of nitrogens with zero attached hydrogens (tertiary/aromatic N) is 1. The highest BCUT2D eigenvalue weighted by molar-refractivity contribution is 7.88. The molecule has 2 bridgehead atoms. The average Bonchev–Trinajstić information content (AvgIpc) is 3.11. The molecule has 1 saturated carbocycles. The third-order valence-electron chi connectivity index (χ3n) is 6.65. The van der Waals surface area contributed by atoms with Crippen molar-refractivity contribution in [1.29, 1.82) is 0 Å². The molecule has 3 heterocycles. The van der Waals surface area contributed by atoms with Gasteiger partial charge in [0.05, 0.1) is 25.0 Å². The molecule has 2 fully saturated rings. The van der Waals surface area contributed by atoms with E-state index < -0.39 is 16.1 Å². The molecule has 1 aromatic carbocycles. The fourth-order valence-electron chi connectivity index (χ4n) is 5.09. The highest BCUT2D eigenvalue weighted by Crippen LogP contribution is 2.39. The Balaban J connectivity index is 1.66. The minimum atomic E-state index is -3.38. The summed E-state index contributed by atoms with van der Waals surface area (Å²) in [5.41, 5.74) is 1.18. The second-order valence-corrected chi connectivity index (χ2v) is 10.5. The maximum absolute atomic E-state index is 13.4. The zero-order chi connectivity index (χ0) is 21.3. The van der Waals surface area contributed by atoms with Gasteiger partial charge in [-0.25, -0.2) is 13.1 Å². The van der Waals surface area contributed by atoms with E-state index in [0.717, 1.165) is 37.7 Å². The standard InChI is InChI=1S/C22H32N2O5S/c1-3-20-22(25)24-13-12-18(23-30(2,26)27)19(24)14-28-16-10-8-15(9-11-16)17-6-4-5-7-21(17)29-20/h4-7,15-16,18-20,23H,3,8-14H2,1-2H3/t15?,16?,18-,19?,20-/m0/s1. The lowest BCUT2D eigenvalue weighted by Crippen LogP contribution is -2.52. The van der Waals surface area contributed by atoms with Gasteiger partial charge in [0.1, 0.15) is 5.75 Å². The van der Waals surface area contributed by atoms with Crippen molar-refractivity contribution in [2.75, 3.05) is 19.4 Å². The zero-order valence-corrected chi connectivity index (χ0v) is 18.6. The van der Waals surface area contributed by atoms with E-state index in [-0.39, 0.29) is 24.1 Å². The van der Waals surface area contributed by atoms with Gasteiger partial charge < -0.3 is 14.4 Å². The number of rotatable bonds is 3. The first kappa shape index (κ1) is 21.6. The van der Waals surface area contributed by atoms with Gasteiger partial charge in [0.2, 0.25) is 10.0 Å². The molecule has 1 saturated heterocycles. The lowest BCUT2D eigenvalue weighted by molar-refractivity contribution is -0.141. The Hall–Kier alpha value is -1.64. The molecule has 1 aromatic rings. The van der Waals surface area contributed by atoms with Crippen molar-refractivity contribution >= 4 is 15.9 Å². The highest BCUT2D eigenvalue weighted by Gasteiger charge is 2.42. The summed E-state index contributed by atoms with van der Waals surface area (Å²) < 4.78 is 39.0. The number of benzene rings is 1. The van der Waals surface area contributed by atoms with E-state index in [1.54, 1.807) is 4.90 Å². The van der Waals surface area contributed by atoms with E-state index in [1.807, 2.05) is 25.1 Å². The van der Waals surface area contributed by atoms with Crippen molar-refractivity contribution in [3.8, 4) is 5.75 Å². The van der Waals surface area contributed by atoms with Crippen LogP contribution < -0.4 is 9.46 Å². The van der Waals surface area contributed by atoms with Gasteiger partial charge >= 0.3 is 0 Å². The number of amides is 1. The average molecular weight is 437 g/mol. The number of fused-ring (bicyclic) bond motifs is 5. The van der Waals surface area contributed by atoms with Crippen LogP contribution in [0.1, 0.15) is 56.9 Å². The second kappa shape index (κ2) is 8.85. The molecule has 3 aliphatic heterocycles. The summed E-state index contributed by atoms with van der Waals surface area (Å²) in [4.78, 5) is 15.2. The predicted octanol–water partition coefficient (Wildman–Crippen LogP) is 2.42. The number of sulfonamides is 1. The summed E-state index contributed by atoms with van der Waals surface area (Å²) in [7, 11) is -3.38. The molecule has 7 nitrogen and oxygen atoms in total. The lowest BCUT2D eigenvalue weighted by atomic mass is 9.82. The maximum Gasteiger partial charge on any atom is 0.264 e. The zero-order valence-electron chi connectivity index (χ0n) is 17.7. The molecule has 3 atom stereocenters. The molecule has 166 valence electrons. The van der Waals surface area contributed by atoms with Crippen LogP contribution in [0.5, 0.6) is 5.75 Å². The fraction of sp³-hybridized carbons (Fsp3) is 0.682. The van der Waals surface area contributed by atoms with E-state index in [4.69, 9.17) is 9.47 Å². The third kappa shape index (κ3) is 4.65. The van der Waals surface area contributed by atoms with Gasteiger partial charge in [0.15, 0.2) is 6.10 Å². The summed E-state index contributed by atoms with van der Waals surface area (Å²) >= 11 is 0. The van der Waals surface area contributed by atoms with E-state index in [0.29, 0.717) is 31.9 Å². The van der Waals surface area contributed by atoms with Crippen molar-refractivity contribution in [2.45, 2.75) is 75.7 Å². The number of carbonyl (C=O) groups is 1. The molecule has 8 heteroatoms. The number of hydrogen-bond donors (Lipinski definition) is 1. The van der Waals surface area contributed by atoms with Crippen LogP contribution in [0.3, 0.4) is 0 Å². The van der Waals surface area contributed by atoms with Gasteiger partial charge in [-0.05, 0) is 56.1 Å². The van der Waals surface area contributed by atoms with Gasteiger partial charge in [0.25, 0.3) is 5.91 Å². The SMILES string of the molecule is CC[C@@H]1Oc2ccccc2C2CCC(CC2)OCC2[C@@H](NS(C)(=O)=O)CCN2C1=O. The monoisotopic (exact) mass is 436 g/mol. The number of para-hydroxylation sites is 1. The second-order valence-electron chi connectivity index (χ2n) is 8.74. The Morgan fingerprint density at radius 3 is 2.57 bits per heavy atom. The minimum absolute atomic E-state index is 0.0923. The van der Waals surface area contributed by atoms with Crippen molar-refractivity contribution in [1.82, 2.24) is 9.62 Å². The van der Waals surface area contributed by atoms with Crippen LogP contribution in [0.2, 0.25) is 0 Å². The van der Waals surface area contributed by atoms with E-state index in [2.05, 4.69) is 10.8 Å². The first-order valence-electron chi connectivity index (χ1n) is 11.0. The van der Waals surface area contributed by atoms with Gasteiger partial charge in [0, 0.05) is 12.6 Å². The molecule has 1 amide bonds. The largest absolute Gasteiger partial charge is 0.480 e. The van der Waals surface area contributed by atoms with Gasteiger partial charge in [-0.3, -0.25) is 4.79 Å². The van der Waals surface area contributed by atoms with Crippen molar-refractivity contribution in [2.24, 2.45) is 0 Å². The normalized spacial score (nSPS) is 32.4. The quantitative estimate of drug-likeness (QED) is 0.787. The molecule has 0 spiro atoms. The number of hydrogen-bond acceptors (Lipinski definition) is 5. The summed E-state index contributed by atoms with van der Waals surface area (Å²) in [6, 6.07) is 7.40. The molecule has 4 aliphatic rings. The topological polar surface area (TPSA) is 84.9 Å². The number of ether oxygens (including phenoxy) is 2. The van der Waals surface area contributed by atoms with Gasteiger partial charge in [-0.1, -0.05) is 25.1 Å². The predicted molar refractivity (Wildman–Crippen MR) is 114 cm³/mol. The molecule has 5 rings (SSSR count). The first-order valence-corrected chi connectivity index (χ1v) is 12.9. The van der Waals surface area contributed by atoms with Gasteiger partial charge in [-0.15, -0.1) is 0 Å². The van der Waals surface area contributed by atoms with Crippen LogP contribution in [-0.4, -0.2) is 62.9 Å². The third-order valence-corrected chi connectivity index (χ3v) is 7.38. The maximum atomic E-state index is 13.4. The van der Waals surface area contributed by atoms with Crippen LogP contribution in [0.25, 0.3) is 0 Å².